The zero-order chi connectivity index (χ0) is 17.6. The van der Waals surface area contributed by atoms with Gasteiger partial charge in [-0.15, -0.1) is 0 Å². The van der Waals surface area contributed by atoms with Gasteiger partial charge in [-0.1, -0.05) is 76.5 Å². The Hall–Kier alpha value is -1.57. The molecule has 2 heteroatoms. The molecule has 0 fully saturated rings. The first-order valence-corrected chi connectivity index (χ1v) is 9.61. The van der Waals surface area contributed by atoms with Gasteiger partial charge in [-0.05, 0) is 30.2 Å². The van der Waals surface area contributed by atoms with Gasteiger partial charge in [-0.2, -0.15) is 0 Å². The second-order valence-electron chi connectivity index (χ2n) is 6.86. The lowest BCUT2D eigenvalue weighted by Crippen LogP contribution is -2.07. The minimum absolute atomic E-state index is 0.245. The van der Waals surface area contributed by atoms with E-state index in [0.717, 1.165) is 12.0 Å². The number of rotatable bonds is 13. The summed E-state index contributed by atoms with van der Waals surface area (Å²) in [6.07, 6.45) is 16.0. The minimum Gasteiger partial charge on any atom is -0.378 e. The summed E-state index contributed by atoms with van der Waals surface area (Å²) >= 11 is 0. The summed E-state index contributed by atoms with van der Waals surface area (Å²) in [5.41, 5.74) is 2.26. The molecule has 0 N–H and O–H groups in total. The molecule has 1 rings (SSSR count). The van der Waals surface area contributed by atoms with Crippen LogP contribution in [0.4, 0.5) is 5.69 Å². The fourth-order valence-corrected chi connectivity index (χ4v) is 2.77. The summed E-state index contributed by atoms with van der Waals surface area (Å²) in [6, 6.07) is 8.25. The number of allylic oxidation sites excluding steroid dienone is 1. The molecular weight excluding hydrogens is 294 g/mol. The Balaban J connectivity index is 2.11. The molecule has 0 aromatic heterocycles. The third kappa shape index (κ3) is 9.54. The van der Waals surface area contributed by atoms with Gasteiger partial charge >= 0.3 is 0 Å². The molecule has 0 atom stereocenters. The zero-order valence-corrected chi connectivity index (χ0v) is 15.9. The van der Waals surface area contributed by atoms with E-state index < -0.39 is 0 Å². The van der Waals surface area contributed by atoms with Crippen molar-refractivity contribution in [2.24, 2.45) is 0 Å². The van der Waals surface area contributed by atoms with Crippen LogP contribution in [-0.4, -0.2) is 19.9 Å². The molecule has 0 radical (unpaired) electrons. The second-order valence-corrected chi connectivity index (χ2v) is 6.86. The summed E-state index contributed by atoms with van der Waals surface area (Å²) in [5, 5.41) is 0. The molecule has 0 aliphatic rings. The van der Waals surface area contributed by atoms with E-state index in [0.29, 0.717) is 6.42 Å². The van der Waals surface area contributed by atoms with E-state index in [4.69, 9.17) is 0 Å². The van der Waals surface area contributed by atoms with Gasteiger partial charge in [0.1, 0.15) is 0 Å². The molecule has 0 aliphatic carbocycles. The Labute approximate surface area is 149 Å². The number of carbonyl (C=O) groups is 1. The molecule has 1 aromatic rings. The lowest BCUT2D eigenvalue weighted by atomic mass is 10.1. The quantitative estimate of drug-likeness (QED) is 0.314. The standard InChI is InChI=1S/C22H35NO/c1-4-5-6-7-8-9-10-11-12-13-22(24)19-16-20-14-17-21(18-15-20)23(2)3/h14-19H,4-13H2,1-3H3. The van der Waals surface area contributed by atoms with Crippen LogP contribution in [0.2, 0.25) is 0 Å². The lowest BCUT2D eigenvalue weighted by molar-refractivity contribution is -0.114. The molecule has 1 aromatic carbocycles. The molecule has 0 bridgehead atoms. The number of unbranched alkanes of at least 4 members (excludes halogenated alkanes) is 8. The highest BCUT2D eigenvalue weighted by atomic mass is 16.1. The Morgan fingerprint density at radius 1 is 0.875 bits per heavy atom. The number of ketones is 1. The van der Waals surface area contributed by atoms with Crippen molar-refractivity contribution in [1.82, 2.24) is 0 Å². The van der Waals surface area contributed by atoms with E-state index in [9.17, 15) is 4.79 Å². The maximum Gasteiger partial charge on any atom is 0.155 e. The topological polar surface area (TPSA) is 20.3 Å². The summed E-state index contributed by atoms with van der Waals surface area (Å²) in [7, 11) is 4.05. The Bertz CT molecular complexity index is 473. The van der Waals surface area contributed by atoms with Crippen molar-refractivity contribution < 1.29 is 4.79 Å². The van der Waals surface area contributed by atoms with Gasteiger partial charge in [0.25, 0.3) is 0 Å². The second kappa shape index (κ2) is 12.8. The summed E-state index contributed by atoms with van der Waals surface area (Å²) in [4.78, 5) is 14.0. The highest BCUT2D eigenvalue weighted by molar-refractivity contribution is 5.93. The molecule has 24 heavy (non-hydrogen) atoms. The predicted octanol–water partition coefficient (Wildman–Crippen LogP) is 6.26. The molecule has 0 spiro atoms. The van der Waals surface area contributed by atoms with E-state index in [-0.39, 0.29) is 5.78 Å². The van der Waals surface area contributed by atoms with Gasteiger partial charge < -0.3 is 4.90 Å². The third-order valence-corrected chi connectivity index (χ3v) is 4.40. The van der Waals surface area contributed by atoms with Gasteiger partial charge in [0.2, 0.25) is 0 Å². The van der Waals surface area contributed by atoms with Crippen LogP contribution < -0.4 is 4.90 Å². The monoisotopic (exact) mass is 329 g/mol. The van der Waals surface area contributed by atoms with Crippen molar-refractivity contribution >= 4 is 17.5 Å². The fourth-order valence-electron chi connectivity index (χ4n) is 2.77. The van der Waals surface area contributed by atoms with Crippen LogP contribution in [0.3, 0.4) is 0 Å². The normalized spacial score (nSPS) is 11.1. The Kier molecular flexibility index (Phi) is 10.9. The first kappa shape index (κ1) is 20.5. The van der Waals surface area contributed by atoms with Crippen molar-refractivity contribution in [3.63, 3.8) is 0 Å². The maximum absolute atomic E-state index is 11.9. The van der Waals surface area contributed by atoms with E-state index in [1.807, 2.05) is 20.2 Å². The number of hydrogen-bond donors (Lipinski definition) is 0. The van der Waals surface area contributed by atoms with Crippen LogP contribution in [0.5, 0.6) is 0 Å². The van der Waals surface area contributed by atoms with Crippen molar-refractivity contribution in [3.05, 3.63) is 35.9 Å². The van der Waals surface area contributed by atoms with E-state index in [2.05, 4.69) is 36.1 Å². The fraction of sp³-hybridized carbons (Fsp3) is 0.591. The van der Waals surface area contributed by atoms with Crippen LogP contribution in [0.1, 0.15) is 76.7 Å². The lowest BCUT2D eigenvalue weighted by Gasteiger charge is -2.11. The molecular formula is C22H35NO. The third-order valence-electron chi connectivity index (χ3n) is 4.40. The van der Waals surface area contributed by atoms with Crippen LogP contribution in [-0.2, 0) is 4.79 Å². The first-order chi connectivity index (χ1) is 11.6. The maximum atomic E-state index is 11.9. The van der Waals surface area contributed by atoms with Gasteiger partial charge in [0.15, 0.2) is 5.78 Å². The molecule has 0 saturated heterocycles. The minimum atomic E-state index is 0.245. The zero-order valence-electron chi connectivity index (χ0n) is 15.9. The van der Waals surface area contributed by atoms with E-state index >= 15 is 0 Å². The molecule has 0 heterocycles. The van der Waals surface area contributed by atoms with Crippen LogP contribution in [0.25, 0.3) is 6.08 Å². The molecule has 0 saturated carbocycles. The first-order valence-electron chi connectivity index (χ1n) is 9.61. The van der Waals surface area contributed by atoms with E-state index in [1.165, 1.54) is 57.1 Å². The Morgan fingerprint density at radius 3 is 1.96 bits per heavy atom. The van der Waals surface area contributed by atoms with Gasteiger partial charge in [-0.3, -0.25) is 4.79 Å². The molecule has 2 nitrogen and oxygen atoms in total. The molecule has 0 aliphatic heterocycles. The molecule has 0 unspecified atom stereocenters. The summed E-state index contributed by atoms with van der Waals surface area (Å²) < 4.78 is 0. The van der Waals surface area contributed by atoms with Crippen molar-refractivity contribution in [1.29, 1.82) is 0 Å². The Morgan fingerprint density at radius 2 is 1.42 bits per heavy atom. The summed E-state index contributed by atoms with van der Waals surface area (Å²) in [6.45, 7) is 2.25. The van der Waals surface area contributed by atoms with Crippen molar-refractivity contribution in [3.8, 4) is 0 Å². The highest BCUT2D eigenvalue weighted by Crippen LogP contribution is 2.14. The number of benzene rings is 1. The van der Waals surface area contributed by atoms with Gasteiger partial charge in [0.05, 0.1) is 0 Å². The highest BCUT2D eigenvalue weighted by Gasteiger charge is 1.98. The number of hydrogen-bond acceptors (Lipinski definition) is 2. The SMILES string of the molecule is CCCCCCCCCCCC(=O)C=Cc1ccc(N(C)C)cc1. The summed E-state index contributed by atoms with van der Waals surface area (Å²) in [5.74, 6) is 0.245. The van der Waals surface area contributed by atoms with Crippen molar-refractivity contribution in [2.75, 3.05) is 19.0 Å². The average Bonchev–Trinajstić information content (AvgIpc) is 2.59. The molecule has 134 valence electrons. The van der Waals surface area contributed by atoms with Gasteiger partial charge in [-0.25, -0.2) is 0 Å². The predicted molar refractivity (Wildman–Crippen MR) is 107 cm³/mol. The number of anilines is 1. The van der Waals surface area contributed by atoms with Crippen LogP contribution in [0, 0.1) is 0 Å². The number of carbonyl (C=O) groups excluding carboxylic acids is 1. The smallest absolute Gasteiger partial charge is 0.155 e. The van der Waals surface area contributed by atoms with Crippen LogP contribution >= 0.6 is 0 Å². The number of nitrogens with zero attached hydrogens (tertiary/aromatic N) is 1. The van der Waals surface area contributed by atoms with Crippen LogP contribution in [0.15, 0.2) is 30.3 Å². The van der Waals surface area contributed by atoms with Gasteiger partial charge in [0, 0.05) is 26.2 Å². The largest absolute Gasteiger partial charge is 0.378 e. The van der Waals surface area contributed by atoms with E-state index in [1.54, 1.807) is 6.08 Å². The molecule has 0 amide bonds. The average molecular weight is 330 g/mol. The van der Waals surface area contributed by atoms with Crippen molar-refractivity contribution in [2.45, 2.75) is 71.1 Å².